The van der Waals surface area contributed by atoms with Crippen LogP contribution in [0.3, 0.4) is 0 Å². The van der Waals surface area contributed by atoms with Crippen molar-refractivity contribution >= 4 is 39.1 Å². The largest absolute Gasteiger partial charge is 0.497 e. The Labute approximate surface area is 214 Å². The van der Waals surface area contributed by atoms with E-state index in [0.717, 1.165) is 58.7 Å². The minimum Gasteiger partial charge on any atom is -0.497 e. The molecule has 1 aromatic heterocycles. The average molecular weight is 516 g/mol. The summed E-state index contributed by atoms with van der Waals surface area (Å²) in [5.41, 5.74) is 2.30. The Kier molecular flexibility index (Phi) is 8.21. The molecule has 0 bridgehead atoms. The zero-order valence-corrected chi connectivity index (χ0v) is 21.1. The highest BCUT2D eigenvalue weighted by atomic mass is 35.5. The van der Waals surface area contributed by atoms with E-state index in [1.54, 1.807) is 19.2 Å². The van der Waals surface area contributed by atoms with Gasteiger partial charge in [0.1, 0.15) is 5.75 Å². The Morgan fingerprint density at radius 2 is 1.78 bits per heavy atom. The molecule has 1 heterocycles. The predicted octanol–water partition coefficient (Wildman–Crippen LogP) is 7.78. The van der Waals surface area contributed by atoms with Crippen LogP contribution in [0.4, 0.5) is 18.9 Å². The quantitative estimate of drug-likeness (QED) is 0.173. The van der Waals surface area contributed by atoms with Crippen molar-refractivity contribution in [3.05, 3.63) is 76.8 Å². The second kappa shape index (κ2) is 11.4. The number of anilines is 1. The molecule has 0 aliphatic rings. The van der Waals surface area contributed by atoms with Crippen LogP contribution < -0.4 is 10.1 Å². The van der Waals surface area contributed by atoms with E-state index in [9.17, 15) is 13.2 Å². The van der Waals surface area contributed by atoms with Gasteiger partial charge in [0.05, 0.1) is 29.4 Å². The van der Waals surface area contributed by atoms with Crippen LogP contribution in [-0.4, -0.2) is 36.6 Å². The molecule has 190 valence electrons. The van der Waals surface area contributed by atoms with E-state index in [4.69, 9.17) is 21.3 Å². The topological polar surface area (TPSA) is 37.4 Å². The minimum atomic E-state index is -4.36. The number of hydrogen-bond donors (Lipinski definition) is 1. The number of aromatic nitrogens is 1. The lowest BCUT2D eigenvalue weighted by Gasteiger charge is -2.24. The second-order valence-corrected chi connectivity index (χ2v) is 9.18. The lowest BCUT2D eigenvalue weighted by Crippen LogP contribution is -2.28. The molecular formula is C28H29ClF3N3O. The summed E-state index contributed by atoms with van der Waals surface area (Å²) in [4.78, 5) is 6.83. The monoisotopic (exact) mass is 515 g/mol. The summed E-state index contributed by atoms with van der Waals surface area (Å²) in [6.07, 6.45) is -2.73. The Morgan fingerprint density at radius 3 is 2.53 bits per heavy atom. The molecule has 0 amide bonds. The summed E-state index contributed by atoms with van der Waals surface area (Å²) in [6, 6.07) is 17.2. The standard InChI is InChI=1S/C28H29ClF3N3O/c1-3-14-35(18-19-7-4-5-8-24(19)28(30,31)32)15-6-13-33-27-22-11-9-20(29)16-26(22)34-25-12-10-21(36-2)17-23(25)27/h4-5,7-12,16-17H,3,6,13-15,18H2,1-2H3,(H,33,34). The first-order chi connectivity index (χ1) is 17.3. The third kappa shape index (κ3) is 6.02. The number of fused-ring (bicyclic) bond motifs is 2. The SMILES string of the molecule is CCCN(CCCNc1c2ccc(Cl)cc2nc2ccc(OC)cc12)Cc1ccccc1C(F)(F)F. The van der Waals surface area contributed by atoms with Crippen molar-refractivity contribution in [3.63, 3.8) is 0 Å². The first kappa shape index (κ1) is 26.0. The summed E-state index contributed by atoms with van der Waals surface area (Å²) in [7, 11) is 1.63. The number of nitrogens with one attached hydrogen (secondary N) is 1. The molecule has 1 N–H and O–H groups in total. The summed E-state index contributed by atoms with van der Waals surface area (Å²) in [5, 5.41) is 6.05. The fraction of sp³-hybridized carbons (Fsp3) is 0.321. The smallest absolute Gasteiger partial charge is 0.416 e. The number of benzene rings is 3. The minimum absolute atomic E-state index is 0.264. The van der Waals surface area contributed by atoms with Crippen molar-refractivity contribution in [1.82, 2.24) is 9.88 Å². The van der Waals surface area contributed by atoms with E-state index < -0.39 is 11.7 Å². The fourth-order valence-corrected chi connectivity index (χ4v) is 4.66. The van der Waals surface area contributed by atoms with Crippen molar-refractivity contribution in [1.29, 1.82) is 0 Å². The number of pyridine rings is 1. The molecule has 3 aromatic carbocycles. The van der Waals surface area contributed by atoms with Crippen molar-refractivity contribution in [3.8, 4) is 5.75 Å². The lowest BCUT2D eigenvalue weighted by atomic mass is 10.1. The van der Waals surface area contributed by atoms with E-state index in [1.807, 2.05) is 43.3 Å². The molecule has 0 fully saturated rings. The van der Waals surface area contributed by atoms with Gasteiger partial charge in [-0.25, -0.2) is 4.98 Å². The Hall–Kier alpha value is -3.03. The molecule has 0 aliphatic carbocycles. The molecule has 4 aromatic rings. The van der Waals surface area contributed by atoms with Crippen molar-refractivity contribution in [2.75, 3.05) is 32.1 Å². The molecule has 0 atom stereocenters. The predicted molar refractivity (Wildman–Crippen MR) is 141 cm³/mol. The molecule has 36 heavy (non-hydrogen) atoms. The molecule has 0 saturated heterocycles. The molecule has 0 spiro atoms. The number of ether oxygens (including phenoxy) is 1. The van der Waals surface area contributed by atoms with Crippen LogP contribution in [0.25, 0.3) is 21.8 Å². The fourth-order valence-electron chi connectivity index (χ4n) is 4.49. The summed E-state index contributed by atoms with van der Waals surface area (Å²) in [6.45, 7) is 4.34. The maximum absolute atomic E-state index is 13.5. The van der Waals surface area contributed by atoms with Gasteiger partial charge in [0.25, 0.3) is 0 Å². The van der Waals surface area contributed by atoms with Crippen LogP contribution in [0.2, 0.25) is 5.02 Å². The number of alkyl halides is 3. The van der Waals surface area contributed by atoms with Gasteiger partial charge < -0.3 is 10.1 Å². The van der Waals surface area contributed by atoms with E-state index in [2.05, 4.69) is 10.2 Å². The lowest BCUT2D eigenvalue weighted by molar-refractivity contribution is -0.138. The number of halogens is 4. The summed E-state index contributed by atoms with van der Waals surface area (Å²) < 4.78 is 45.8. The van der Waals surface area contributed by atoms with Gasteiger partial charge in [0.15, 0.2) is 0 Å². The van der Waals surface area contributed by atoms with Gasteiger partial charge in [-0.05, 0) is 67.4 Å². The molecule has 0 radical (unpaired) electrons. The zero-order chi connectivity index (χ0) is 25.7. The van der Waals surface area contributed by atoms with Gasteiger partial charge in [0, 0.05) is 35.4 Å². The molecule has 4 rings (SSSR count). The molecule has 0 unspecified atom stereocenters. The molecule has 4 nitrogen and oxygen atoms in total. The van der Waals surface area contributed by atoms with Crippen LogP contribution in [0.5, 0.6) is 5.75 Å². The summed E-state index contributed by atoms with van der Waals surface area (Å²) in [5.74, 6) is 0.734. The molecule has 0 aliphatic heterocycles. The van der Waals surface area contributed by atoms with Gasteiger partial charge in [-0.2, -0.15) is 13.2 Å². The third-order valence-electron chi connectivity index (χ3n) is 6.15. The number of hydrogen-bond acceptors (Lipinski definition) is 4. The Bertz CT molecular complexity index is 1340. The average Bonchev–Trinajstić information content (AvgIpc) is 2.85. The molecule has 8 heteroatoms. The van der Waals surface area contributed by atoms with Gasteiger partial charge in [-0.1, -0.05) is 36.7 Å². The van der Waals surface area contributed by atoms with Crippen molar-refractivity contribution in [2.45, 2.75) is 32.5 Å². The third-order valence-corrected chi connectivity index (χ3v) is 6.39. The van der Waals surface area contributed by atoms with E-state index >= 15 is 0 Å². The second-order valence-electron chi connectivity index (χ2n) is 8.74. The number of methoxy groups -OCH3 is 1. The highest BCUT2D eigenvalue weighted by Gasteiger charge is 2.33. The molecular weight excluding hydrogens is 487 g/mol. The Morgan fingerprint density at radius 1 is 0.972 bits per heavy atom. The van der Waals surface area contributed by atoms with E-state index in [-0.39, 0.29) is 6.54 Å². The van der Waals surface area contributed by atoms with Gasteiger partial charge in [-0.15, -0.1) is 0 Å². The highest BCUT2D eigenvalue weighted by molar-refractivity contribution is 6.31. The maximum Gasteiger partial charge on any atom is 0.416 e. The highest BCUT2D eigenvalue weighted by Crippen LogP contribution is 2.35. The summed E-state index contributed by atoms with van der Waals surface area (Å²) >= 11 is 6.21. The van der Waals surface area contributed by atoms with Gasteiger partial charge >= 0.3 is 6.18 Å². The van der Waals surface area contributed by atoms with E-state index in [0.29, 0.717) is 23.7 Å². The van der Waals surface area contributed by atoms with Crippen LogP contribution in [-0.2, 0) is 12.7 Å². The van der Waals surface area contributed by atoms with Crippen molar-refractivity contribution < 1.29 is 17.9 Å². The van der Waals surface area contributed by atoms with Crippen LogP contribution in [0.1, 0.15) is 30.9 Å². The first-order valence-corrected chi connectivity index (χ1v) is 12.4. The zero-order valence-electron chi connectivity index (χ0n) is 20.3. The van der Waals surface area contributed by atoms with Crippen LogP contribution >= 0.6 is 11.6 Å². The van der Waals surface area contributed by atoms with Crippen molar-refractivity contribution in [2.24, 2.45) is 0 Å². The van der Waals surface area contributed by atoms with Crippen LogP contribution in [0.15, 0.2) is 60.7 Å². The first-order valence-electron chi connectivity index (χ1n) is 12.0. The molecule has 0 saturated carbocycles. The van der Waals surface area contributed by atoms with Crippen LogP contribution in [0, 0.1) is 0 Å². The van der Waals surface area contributed by atoms with E-state index in [1.165, 1.54) is 6.07 Å². The number of nitrogens with zero attached hydrogens (tertiary/aromatic N) is 2. The normalized spacial score (nSPS) is 12.0. The Balaban J connectivity index is 1.52. The maximum atomic E-state index is 13.5. The van der Waals surface area contributed by atoms with Gasteiger partial charge in [0.2, 0.25) is 0 Å². The number of rotatable bonds is 10. The van der Waals surface area contributed by atoms with Gasteiger partial charge in [-0.3, -0.25) is 4.90 Å².